The van der Waals surface area contributed by atoms with Gasteiger partial charge in [0, 0.05) is 6.54 Å². The van der Waals surface area contributed by atoms with Crippen LogP contribution in [0.15, 0.2) is 24.3 Å². The van der Waals surface area contributed by atoms with E-state index in [-0.39, 0.29) is 23.7 Å². The number of amides is 2. The minimum Gasteiger partial charge on any atom is -0.495 e. The van der Waals surface area contributed by atoms with Crippen molar-refractivity contribution in [3.63, 3.8) is 0 Å². The third kappa shape index (κ3) is 3.97. The average Bonchev–Trinajstić information content (AvgIpc) is 3.26. The summed E-state index contributed by atoms with van der Waals surface area (Å²) < 4.78 is 5.19. The standard InChI is InChI=1S/C16H22N2O3/c1-10(2)9-17-15(19)11-8-12(11)16(20)18-13-6-4-5-7-14(13)21-3/h4-7,10-12H,8-9H2,1-3H3,(H,17,19)(H,18,20). The highest BCUT2D eigenvalue weighted by Crippen LogP contribution is 2.40. The maximum absolute atomic E-state index is 12.1. The van der Waals surface area contributed by atoms with Gasteiger partial charge in [-0.2, -0.15) is 0 Å². The van der Waals surface area contributed by atoms with E-state index in [2.05, 4.69) is 10.6 Å². The highest BCUT2D eigenvalue weighted by atomic mass is 16.5. The molecule has 1 aromatic carbocycles. The van der Waals surface area contributed by atoms with Crippen LogP contribution in [0.1, 0.15) is 20.3 Å². The fourth-order valence-electron chi connectivity index (χ4n) is 2.18. The first-order chi connectivity index (χ1) is 10.0. The van der Waals surface area contributed by atoms with E-state index in [1.54, 1.807) is 19.2 Å². The number of nitrogens with one attached hydrogen (secondary N) is 2. The highest BCUT2D eigenvalue weighted by molar-refractivity contribution is 6.00. The van der Waals surface area contributed by atoms with Crippen LogP contribution >= 0.6 is 0 Å². The molecule has 2 amide bonds. The maximum Gasteiger partial charge on any atom is 0.228 e. The molecule has 0 spiro atoms. The Balaban J connectivity index is 1.87. The van der Waals surface area contributed by atoms with Gasteiger partial charge < -0.3 is 15.4 Å². The van der Waals surface area contributed by atoms with Crippen molar-refractivity contribution in [1.29, 1.82) is 0 Å². The van der Waals surface area contributed by atoms with E-state index in [4.69, 9.17) is 4.74 Å². The molecule has 2 rings (SSSR count). The zero-order valence-corrected chi connectivity index (χ0v) is 12.7. The van der Waals surface area contributed by atoms with Crippen LogP contribution in [-0.2, 0) is 9.59 Å². The molecule has 1 saturated carbocycles. The Labute approximate surface area is 125 Å². The largest absolute Gasteiger partial charge is 0.495 e. The Bertz CT molecular complexity index is 528. The summed E-state index contributed by atoms with van der Waals surface area (Å²) in [5.41, 5.74) is 0.637. The van der Waals surface area contributed by atoms with Gasteiger partial charge in [-0.05, 0) is 24.5 Å². The Morgan fingerprint density at radius 3 is 2.57 bits per heavy atom. The lowest BCUT2D eigenvalue weighted by Gasteiger charge is -2.10. The van der Waals surface area contributed by atoms with E-state index in [1.165, 1.54) is 0 Å². The zero-order chi connectivity index (χ0) is 15.4. The molecule has 0 heterocycles. The minimum absolute atomic E-state index is 0.0242. The van der Waals surface area contributed by atoms with Gasteiger partial charge in [0.15, 0.2) is 0 Å². The summed E-state index contributed by atoms with van der Waals surface area (Å²) in [6, 6.07) is 7.24. The molecule has 1 aromatic rings. The summed E-state index contributed by atoms with van der Waals surface area (Å²) in [5, 5.41) is 5.70. The predicted octanol–water partition coefficient (Wildman–Crippen LogP) is 2.04. The molecule has 1 fully saturated rings. The van der Waals surface area contributed by atoms with Crippen molar-refractivity contribution in [3.05, 3.63) is 24.3 Å². The second-order valence-electron chi connectivity index (χ2n) is 5.78. The van der Waals surface area contributed by atoms with Gasteiger partial charge in [0.2, 0.25) is 11.8 Å². The molecular weight excluding hydrogens is 268 g/mol. The quantitative estimate of drug-likeness (QED) is 0.842. The number of anilines is 1. The number of rotatable bonds is 6. The van der Waals surface area contributed by atoms with Crippen LogP contribution in [-0.4, -0.2) is 25.5 Å². The van der Waals surface area contributed by atoms with Gasteiger partial charge in [-0.1, -0.05) is 26.0 Å². The summed E-state index contributed by atoms with van der Waals surface area (Å²) in [6.45, 7) is 4.73. The first-order valence-electron chi connectivity index (χ1n) is 7.24. The van der Waals surface area contributed by atoms with Crippen LogP contribution in [0.4, 0.5) is 5.69 Å². The Morgan fingerprint density at radius 2 is 1.90 bits per heavy atom. The number of carbonyl (C=O) groups is 2. The molecule has 0 aromatic heterocycles. The van der Waals surface area contributed by atoms with Gasteiger partial charge in [-0.25, -0.2) is 0 Å². The van der Waals surface area contributed by atoms with Crippen molar-refractivity contribution in [1.82, 2.24) is 5.32 Å². The SMILES string of the molecule is COc1ccccc1NC(=O)C1CC1C(=O)NCC(C)C. The van der Waals surface area contributed by atoms with E-state index in [0.717, 1.165) is 0 Å². The number of hydrogen-bond acceptors (Lipinski definition) is 3. The van der Waals surface area contributed by atoms with Gasteiger partial charge in [0.1, 0.15) is 5.75 Å². The zero-order valence-electron chi connectivity index (χ0n) is 12.7. The summed E-state index contributed by atoms with van der Waals surface area (Å²) in [5.74, 6) is 0.453. The van der Waals surface area contributed by atoms with Gasteiger partial charge >= 0.3 is 0 Å². The molecule has 114 valence electrons. The number of carbonyl (C=O) groups excluding carboxylic acids is 2. The fraction of sp³-hybridized carbons (Fsp3) is 0.500. The van der Waals surface area contributed by atoms with Crippen molar-refractivity contribution >= 4 is 17.5 Å². The van der Waals surface area contributed by atoms with Crippen molar-refractivity contribution in [2.75, 3.05) is 19.0 Å². The van der Waals surface area contributed by atoms with Crippen LogP contribution in [0.3, 0.4) is 0 Å². The van der Waals surface area contributed by atoms with Gasteiger partial charge in [-0.15, -0.1) is 0 Å². The van der Waals surface area contributed by atoms with E-state index < -0.39 is 0 Å². The number of benzene rings is 1. The maximum atomic E-state index is 12.1. The first kappa shape index (κ1) is 15.4. The van der Waals surface area contributed by atoms with Gasteiger partial charge in [0.25, 0.3) is 0 Å². The van der Waals surface area contributed by atoms with E-state index in [9.17, 15) is 9.59 Å². The van der Waals surface area contributed by atoms with Crippen molar-refractivity contribution < 1.29 is 14.3 Å². The van der Waals surface area contributed by atoms with E-state index in [1.807, 2.05) is 26.0 Å². The Morgan fingerprint density at radius 1 is 1.24 bits per heavy atom. The van der Waals surface area contributed by atoms with Crippen LogP contribution < -0.4 is 15.4 Å². The number of hydrogen-bond donors (Lipinski definition) is 2. The molecule has 2 unspecified atom stereocenters. The molecule has 5 nitrogen and oxygen atoms in total. The first-order valence-corrected chi connectivity index (χ1v) is 7.24. The molecule has 5 heteroatoms. The normalized spacial score (nSPS) is 20.0. The number of para-hydroxylation sites is 2. The summed E-state index contributed by atoms with van der Waals surface area (Å²) in [6.07, 6.45) is 0.616. The monoisotopic (exact) mass is 290 g/mol. The topological polar surface area (TPSA) is 67.4 Å². The predicted molar refractivity (Wildman–Crippen MR) is 81.1 cm³/mol. The van der Waals surface area contributed by atoms with Gasteiger partial charge in [0.05, 0.1) is 24.6 Å². The van der Waals surface area contributed by atoms with Crippen LogP contribution in [0.5, 0.6) is 5.75 Å². The lowest BCUT2D eigenvalue weighted by molar-refractivity contribution is -0.125. The lowest BCUT2D eigenvalue weighted by Crippen LogP contribution is -2.30. The molecule has 0 radical (unpaired) electrons. The minimum atomic E-state index is -0.234. The molecule has 1 aliphatic rings. The second kappa shape index (κ2) is 6.61. The molecule has 2 atom stereocenters. The lowest BCUT2D eigenvalue weighted by atomic mass is 10.2. The molecule has 1 aliphatic carbocycles. The summed E-state index contributed by atoms with van der Waals surface area (Å²) in [7, 11) is 1.56. The second-order valence-corrected chi connectivity index (χ2v) is 5.78. The van der Waals surface area contributed by atoms with Crippen LogP contribution in [0.25, 0.3) is 0 Å². The molecule has 0 aliphatic heterocycles. The Kier molecular flexibility index (Phi) is 4.83. The van der Waals surface area contributed by atoms with Crippen LogP contribution in [0, 0.1) is 17.8 Å². The third-order valence-corrected chi connectivity index (χ3v) is 3.51. The molecule has 0 saturated heterocycles. The Hall–Kier alpha value is -2.04. The summed E-state index contributed by atoms with van der Waals surface area (Å²) in [4.78, 5) is 24.0. The van der Waals surface area contributed by atoms with Crippen molar-refractivity contribution in [3.8, 4) is 5.75 Å². The summed E-state index contributed by atoms with van der Waals surface area (Å²) >= 11 is 0. The van der Waals surface area contributed by atoms with Crippen molar-refractivity contribution in [2.24, 2.45) is 17.8 Å². The van der Waals surface area contributed by atoms with E-state index in [0.29, 0.717) is 30.3 Å². The fourth-order valence-corrected chi connectivity index (χ4v) is 2.18. The third-order valence-electron chi connectivity index (χ3n) is 3.51. The van der Waals surface area contributed by atoms with Gasteiger partial charge in [-0.3, -0.25) is 9.59 Å². The molecular formula is C16H22N2O3. The average molecular weight is 290 g/mol. The molecule has 0 bridgehead atoms. The number of ether oxygens (including phenoxy) is 1. The van der Waals surface area contributed by atoms with Crippen molar-refractivity contribution in [2.45, 2.75) is 20.3 Å². The smallest absolute Gasteiger partial charge is 0.228 e. The number of methoxy groups -OCH3 is 1. The highest BCUT2D eigenvalue weighted by Gasteiger charge is 2.48. The van der Waals surface area contributed by atoms with E-state index >= 15 is 0 Å². The molecule has 21 heavy (non-hydrogen) atoms. The molecule has 2 N–H and O–H groups in total. The van der Waals surface area contributed by atoms with Crippen LogP contribution in [0.2, 0.25) is 0 Å².